The van der Waals surface area contributed by atoms with Gasteiger partial charge in [0.1, 0.15) is 17.1 Å². The lowest BCUT2D eigenvalue weighted by atomic mass is 10.2. The molecule has 0 radical (unpaired) electrons. The van der Waals surface area contributed by atoms with Crippen molar-refractivity contribution >= 4 is 70.9 Å². The molecule has 0 aliphatic carbocycles. The zero-order chi connectivity index (χ0) is 19.7. The highest BCUT2D eigenvalue weighted by Crippen LogP contribution is 2.31. The highest BCUT2D eigenvalue weighted by atomic mass is 79.9. The molecule has 4 aromatic rings. The van der Waals surface area contributed by atoms with Gasteiger partial charge in [-0.05, 0) is 58.4 Å². The van der Waals surface area contributed by atoms with Crippen molar-refractivity contribution in [2.24, 2.45) is 5.10 Å². The minimum Gasteiger partial charge on any atom is -0.455 e. The minimum absolute atomic E-state index is 0.168. The molecule has 28 heavy (non-hydrogen) atoms. The van der Waals surface area contributed by atoms with Crippen LogP contribution in [0.4, 0.5) is 0 Å². The Balaban J connectivity index is 1.46. The number of rotatable bonds is 4. The molecule has 8 heteroatoms. The van der Waals surface area contributed by atoms with Crippen molar-refractivity contribution in [3.05, 3.63) is 79.5 Å². The van der Waals surface area contributed by atoms with Crippen LogP contribution in [0, 0.1) is 0 Å². The van der Waals surface area contributed by atoms with Crippen LogP contribution < -0.4 is 5.43 Å². The van der Waals surface area contributed by atoms with Gasteiger partial charge in [-0.2, -0.15) is 5.10 Å². The van der Waals surface area contributed by atoms with E-state index in [1.165, 1.54) is 6.21 Å². The number of nitrogens with zero attached hydrogens (tertiary/aromatic N) is 1. The molecule has 140 valence electrons. The number of benzene rings is 2. The molecular weight excluding hydrogens is 556 g/mol. The summed E-state index contributed by atoms with van der Waals surface area (Å²) in [7, 11) is 0. The second-order valence-electron chi connectivity index (χ2n) is 5.82. The van der Waals surface area contributed by atoms with Crippen molar-refractivity contribution in [3.63, 3.8) is 0 Å². The van der Waals surface area contributed by atoms with Crippen LogP contribution in [0.25, 0.3) is 22.3 Å². The Kier molecular flexibility index (Phi) is 5.52. The molecule has 2 aromatic heterocycles. The number of nitrogens with one attached hydrogen (secondary N) is 1. The van der Waals surface area contributed by atoms with E-state index in [0.29, 0.717) is 17.1 Å². The van der Waals surface area contributed by atoms with Crippen LogP contribution in [0.5, 0.6) is 0 Å². The normalized spacial score (nSPS) is 11.4. The van der Waals surface area contributed by atoms with Crippen molar-refractivity contribution in [1.82, 2.24) is 5.43 Å². The summed E-state index contributed by atoms with van der Waals surface area (Å²) in [5.74, 6) is 0.957. The monoisotopic (exact) mass is 564 g/mol. The average Bonchev–Trinajstić information content (AvgIpc) is 3.29. The van der Waals surface area contributed by atoms with Crippen LogP contribution in [0.1, 0.15) is 16.3 Å². The van der Waals surface area contributed by atoms with E-state index in [0.717, 1.165) is 24.4 Å². The van der Waals surface area contributed by atoms with Gasteiger partial charge in [0, 0.05) is 19.9 Å². The van der Waals surface area contributed by atoms with Gasteiger partial charge in [0.15, 0.2) is 5.76 Å². The Morgan fingerprint density at radius 1 is 0.929 bits per heavy atom. The Labute approximate surface area is 185 Å². The van der Waals surface area contributed by atoms with E-state index >= 15 is 0 Å². The first kappa shape index (κ1) is 19.2. The van der Waals surface area contributed by atoms with Crippen LogP contribution in [0.2, 0.25) is 0 Å². The van der Waals surface area contributed by atoms with Crippen molar-refractivity contribution in [1.29, 1.82) is 0 Å². The number of amides is 1. The first-order valence-corrected chi connectivity index (χ1v) is 10.5. The third kappa shape index (κ3) is 4.14. The smallest absolute Gasteiger partial charge is 0.307 e. The van der Waals surface area contributed by atoms with Crippen LogP contribution in [0.15, 0.2) is 82.0 Å². The van der Waals surface area contributed by atoms with Gasteiger partial charge < -0.3 is 8.83 Å². The van der Waals surface area contributed by atoms with Crippen LogP contribution in [0.3, 0.4) is 0 Å². The molecule has 0 bridgehead atoms. The van der Waals surface area contributed by atoms with Gasteiger partial charge in [0.25, 0.3) is 0 Å². The Morgan fingerprint density at radius 2 is 1.71 bits per heavy atom. The fourth-order valence-corrected chi connectivity index (χ4v) is 4.19. The number of carbonyl (C=O) groups is 1. The molecule has 0 saturated heterocycles. The molecule has 0 fully saturated rings. The predicted octanol–water partition coefficient (Wildman–Crippen LogP) is 6.74. The number of hydrogen-bond donors (Lipinski definition) is 1. The molecule has 0 unspecified atom stereocenters. The third-order valence-electron chi connectivity index (χ3n) is 3.87. The summed E-state index contributed by atoms with van der Waals surface area (Å²) in [6, 6.07) is 16.8. The molecule has 2 heterocycles. The van der Waals surface area contributed by atoms with Crippen LogP contribution >= 0.6 is 47.8 Å². The van der Waals surface area contributed by atoms with E-state index in [2.05, 4.69) is 58.3 Å². The van der Waals surface area contributed by atoms with Crippen molar-refractivity contribution in [2.45, 2.75) is 0 Å². The third-order valence-corrected chi connectivity index (χ3v) is 5.45. The SMILES string of the molecule is O=C(N/N=C/c1ccc(-c2ccc(Br)cc2)o1)c1cc2cc(Br)cc(Br)c2o1. The molecule has 1 N–H and O–H groups in total. The van der Waals surface area contributed by atoms with Crippen molar-refractivity contribution in [3.8, 4) is 11.3 Å². The first-order valence-electron chi connectivity index (χ1n) is 8.07. The molecule has 4 rings (SSSR count). The minimum atomic E-state index is -0.449. The lowest BCUT2D eigenvalue weighted by Gasteiger charge is -1.97. The van der Waals surface area contributed by atoms with Crippen molar-refractivity contribution in [2.75, 3.05) is 0 Å². The van der Waals surface area contributed by atoms with Crippen LogP contribution in [-0.4, -0.2) is 12.1 Å². The first-order chi connectivity index (χ1) is 13.5. The molecule has 5 nitrogen and oxygen atoms in total. The van der Waals surface area contributed by atoms with E-state index in [1.807, 2.05) is 42.5 Å². The molecule has 0 aliphatic heterocycles. The Bertz CT molecular complexity index is 1190. The van der Waals surface area contributed by atoms with E-state index in [1.54, 1.807) is 12.1 Å². The van der Waals surface area contributed by atoms with Gasteiger partial charge in [-0.1, -0.05) is 44.0 Å². The van der Waals surface area contributed by atoms with E-state index in [-0.39, 0.29) is 5.76 Å². The number of carbonyl (C=O) groups excluding carboxylic acids is 1. The fraction of sp³-hybridized carbons (Fsp3) is 0. The maximum Gasteiger partial charge on any atom is 0.307 e. The topological polar surface area (TPSA) is 67.7 Å². The lowest BCUT2D eigenvalue weighted by molar-refractivity contribution is 0.0929. The maximum atomic E-state index is 12.3. The summed E-state index contributed by atoms with van der Waals surface area (Å²) in [6.07, 6.45) is 1.44. The summed E-state index contributed by atoms with van der Waals surface area (Å²) < 4.78 is 14.0. The van der Waals surface area contributed by atoms with Gasteiger partial charge in [0.2, 0.25) is 0 Å². The summed E-state index contributed by atoms with van der Waals surface area (Å²) >= 11 is 10.2. The lowest BCUT2D eigenvalue weighted by Crippen LogP contribution is -2.16. The molecule has 0 atom stereocenters. The second-order valence-corrected chi connectivity index (χ2v) is 8.51. The largest absolute Gasteiger partial charge is 0.455 e. The molecule has 0 spiro atoms. The van der Waals surface area contributed by atoms with E-state index in [4.69, 9.17) is 8.83 Å². The van der Waals surface area contributed by atoms with Crippen molar-refractivity contribution < 1.29 is 13.6 Å². The summed E-state index contributed by atoms with van der Waals surface area (Å²) in [5, 5.41) is 4.75. The van der Waals surface area contributed by atoms with Crippen LogP contribution in [-0.2, 0) is 0 Å². The summed E-state index contributed by atoms with van der Waals surface area (Å²) in [6.45, 7) is 0. The Morgan fingerprint density at radius 3 is 2.50 bits per heavy atom. The molecular formula is C20H11Br3N2O3. The zero-order valence-electron chi connectivity index (χ0n) is 14.1. The molecule has 0 aliphatic rings. The Hall–Kier alpha value is -2.16. The second kappa shape index (κ2) is 8.06. The van der Waals surface area contributed by atoms with Gasteiger partial charge >= 0.3 is 5.91 Å². The maximum absolute atomic E-state index is 12.3. The van der Waals surface area contributed by atoms with Gasteiger partial charge in [-0.25, -0.2) is 5.43 Å². The molecule has 2 aromatic carbocycles. The van der Waals surface area contributed by atoms with E-state index < -0.39 is 5.91 Å². The molecule has 0 saturated carbocycles. The summed E-state index contributed by atoms with van der Waals surface area (Å²) in [5.41, 5.74) is 3.99. The van der Waals surface area contributed by atoms with E-state index in [9.17, 15) is 4.79 Å². The number of hydrazone groups is 1. The highest BCUT2D eigenvalue weighted by molar-refractivity contribution is 9.11. The number of hydrogen-bond acceptors (Lipinski definition) is 4. The molecule has 1 amide bonds. The summed E-state index contributed by atoms with van der Waals surface area (Å²) in [4.78, 5) is 12.3. The number of fused-ring (bicyclic) bond motifs is 1. The highest BCUT2D eigenvalue weighted by Gasteiger charge is 2.14. The average molecular weight is 567 g/mol. The zero-order valence-corrected chi connectivity index (χ0v) is 18.8. The quantitative estimate of drug-likeness (QED) is 0.220. The standard InChI is InChI=1S/C20H11Br3N2O3/c21-13-3-1-11(2-4-13)17-6-5-15(27-17)10-24-25-20(26)18-8-12-7-14(22)9-16(23)19(12)28-18/h1-10H,(H,25,26)/b24-10+. The van der Waals surface area contributed by atoms with Gasteiger partial charge in [0.05, 0.1) is 10.7 Å². The predicted molar refractivity (Wildman–Crippen MR) is 119 cm³/mol. The number of halogens is 3. The van der Waals surface area contributed by atoms with Gasteiger partial charge in [-0.3, -0.25) is 4.79 Å². The van der Waals surface area contributed by atoms with Gasteiger partial charge in [-0.15, -0.1) is 0 Å². The number of furan rings is 2. The fourth-order valence-electron chi connectivity index (χ4n) is 2.59.